The lowest BCUT2D eigenvalue weighted by Crippen LogP contribution is -2.74. The highest BCUT2D eigenvalue weighted by Crippen LogP contribution is 2.69. The van der Waals surface area contributed by atoms with Crippen LogP contribution in [-0.2, 0) is 37.4 Å². The molecule has 0 radical (unpaired) electrons. The number of piperidine rings is 1. The van der Waals surface area contributed by atoms with Gasteiger partial charge in [0.2, 0.25) is 23.6 Å². The number of rotatable bonds is 10. The maximum atomic E-state index is 13.0. The number of nitrogens with one attached hydrogen (secondary N) is 5. The lowest BCUT2D eigenvalue weighted by Gasteiger charge is -2.62. The van der Waals surface area contributed by atoms with Crippen molar-refractivity contribution in [1.82, 2.24) is 25.8 Å². The summed E-state index contributed by atoms with van der Waals surface area (Å²) < 4.78 is 6.66. The van der Waals surface area contributed by atoms with Crippen LogP contribution in [0.15, 0.2) is 30.3 Å². The van der Waals surface area contributed by atoms with Crippen LogP contribution < -0.4 is 26.0 Å². The number of ether oxygens (including phenoxy) is 1. The number of hydrogen-bond acceptors (Lipinski definition) is 8. The van der Waals surface area contributed by atoms with Gasteiger partial charge in [-0.05, 0) is 67.5 Å². The quantitative estimate of drug-likeness (QED) is 0.170. The van der Waals surface area contributed by atoms with Crippen molar-refractivity contribution in [3.63, 3.8) is 0 Å². The summed E-state index contributed by atoms with van der Waals surface area (Å²) in [6.07, 6.45) is 3.64. The van der Waals surface area contributed by atoms with Crippen LogP contribution in [0.25, 0.3) is 10.9 Å². The first-order valence-corrected chi connectivity index (χ1v) is 16.8. The summed E-state index contributed by atoms with van der Waals surface area (Å²) in [6, 6.07) is 9.22. The van der Waals surface area contributed by atoms with Gasteiger partial charge in [-0.3, -0.25) is 24.1 Å². The Hall–Kier alpha value is -4.62. The van der Waals surface area contributed by atoms with Crippen LogP contribution in [0.3, 0.4) is 0 Å². The number of aromatic nitrogens is 1. The van der Waals surface area contributed by atoms with Gasteiger partial charge >= 0.3 is 0 Å². The Bertz CT molecular complexity index is 1870. The van der Waals surface area contributed by atoms with E-state index in [1.807, 2.05) is 18.2 Å². The number of likely N-dealkylation sites (N-methyl/N-ethyl adjacent to an activating group) is 1. The molecule has 48 heavy (non-hydrogen) atoms. The third kappa shape index (κ3) is 4.73. The number of aliphatic hydroxyl groups is 1. The van der Waals surface area contributed by atoms with Gasteiger partial charge in [-0.2, -0.15) is 0 Å². The average molecular weight is 657 g/mol. The van der Waals surface area contributed by atoms with E-state index in [1.54, 1.807) is 12.1 Å². The van der Waals surface area contributed by atoms with Crippen molar-refractivity contribution in [3.8, 4) is 11.5 Å². The molecule has 3 heterocycles. The van der Waals surface area contributed by atoms with Gasteiger partial charge in [-0.1, -0.05) is 12.1 Å². The molecule has 4 atom stereocenters. The lowest BCUT2D eigenvalue weighted by molar-refractivity contribution is -0.173. The first kappa shape index (κ1) is 30.7. The summed E-state index contributed by atoms with van der Waals surface area (Å²) >= 11 is 0. The number of aromatic amines is 1. The molecule has 2 bridgehead atoms. The molecule has 2 fully saturated rings. The number of phenolic OH excluding ortho intramolecular Hbond substituents is 1. The fourth-order valence-electron chi connectivity index (χ4n) is 8.76. The zero-order valence-corrected chi connectivity index (χ0v) is 26.8. The molecule has 3 aliphatic carbocycles. The molecule has 4 amide bonds. The Morgan fingerprint density at radius 1 is 1.02 bits per heavy atom. The molecule has 3 aromatic rings. The van der Waals surface area contributed by atoms with E-state index in [-0.39, 0.29) is 43.6 Å². The van der Waals surface area contributed by atoms with Crippen molar-refractivity contribution >= 4 is 40.2 Å². The van der Waals surface area contributed by atoms with Crippen LogP contribution in [0.1, 0.15) is 60.6 Å². The van der Waals surface area contributed by atoms with E-state index in [1.165, 1.54) is 19.9 Å². The van der Waals surface area contributed by atoms with E-state index in [0.717, 1.165) is 52.8 Å². The van der Waals surface area contributed by atoms with Crippen molar-refractivity contribution in [2.75, 3.05) is 38.5 Å². The first-order chi connectivity index (χ1) is 23.1. The molecule has 5 aliphatic rings. The molecule has 8 rings (SSSR count). The van der Waals surface area contributed by atoms with Gasteiger partial charge in [0, 0.05) is 61.1 Å². The SMILES string of the molecule is CNC(=O)CNC(=O)CCC(=O)NCC(=O)Nc1ccc2c3c([nH]c2c1)[C@@H]1Oc2c(O)ccc4c2[C@@]12CCN(CC1CC1)[C@H](C4)[C@]2(O)C3. The number of aromatic hydroxyl groups is 1. The molecular formula is C35H40N6O7. The summed E-state index contributed by atoms with van der Waals surface area (Å²) in [7, 11) is 1.46. The number of hydrogen-bond donors (Lipinski definition) is 7. The van der Waals surface area contributed by atoms with Crippen molar-refractivity contribution in [2.45, 2.75) is 68.1 Å². The summed E-state index contributed by atoms with van der Waals surface area (Å²) in [6.45, 7) is 1.42. The average Bonchev–Trinajstić information content (AvgIpc) is 3.72. The summed E-state index contributed by atoms with van der Waals surface area (Å²) in [4.78, 5) is 54.1. The minimum atomic E-state index is -1.09. The van der Waals surface area contributed by atoms with Gasteiger partial charge in [0.25, 0.3) is 0 Å². The molecule has 1 aromatic heterocycles. The number of anilines is 1. The van der Waals surface area contributed by atoms with Gasteiger partial charge in [0.15, 0.2) is 17.6 Å². The zero-order valence-electron chi connectivity index (χ0n) is 26.8. The Kier molecular flexibility index (Phi) is 7.18. The fourth-order valence-corrected chi connectivity index (χ4v) is 8.76. The maximum absolute atomic E-state index is 13.0. The van der Waals surface area contributed by atoms with Gasteiger partial charge in [-0.15, -0.1) is 0 Å². The molecule has 7 N–H and O–H groups in total. The smallest absolute Gasteiger partial charge is 0.243 e. The molecule has 13 heteroatoms. The van der Waals surface area contributed by atoms with E-state index in [4.69, 9.17) is 4.74 Å². The monoisotopic (exact) mass is 656 g/mol. The molecule has 1 saturated heterocycles. The minimum Gasteiger partial charge on any atom is -0.504 e. The predicted octanol–water partition coefficient (Wildman–Crippen LogP) is 1.27. The van der Waals surface area contributed by atoms with Crippen LogP contribution in [-0.4, -0.2) is 88.6 Å². The third-order valence-electron chi connectivity index (χ3n) is 11.2. The van der Waals surface area contributed by atoms with E-state index in [2.05, 4.69) is 31.2 Å². The van der Waals surface area contributed by atoms with Crippen LogP contribution in [0.5, 0.6) is 11.5 Å². The van der Waals surface area contributed by atoms with Crippen LogP contribution in [0.4, 0.5) is 5.69 Å². The second-order valence-electron chi connectivity index (χ2n) is 14.0. The van der Waals surface area contributed by atoms with E-state index >= 15 is 0 Å². The van der Waals surface area contributed by atoms with Crippen molar-refractivity contribution in [1.29, 1.82) is 0 Å². The highest BCUT2D eigenvalue weighted by molar-refractivity contribution is 5.97. The van der Waals surface area contributed by atoms with Gasteiger partial charge in [0.05, 0.1) is 29.8 Å². The summed E-state index contributed by atoms with van der Waals surface area (Å²) in [5.41, 5.74) is 3.53. The van der Waals surface area contributed by atoms with Crippen LogP contribution in [0.2, 0.25) is 0 Å². The Labute approximate surface area is 276 Å². The number of phenols is 1. The molecule has 1 spiro atoms. The van der Waals surface area contributed by atoms with Crippen molar-refractivity contribution < 1.29 is 34.1 Å². The molecule has 13 nitrogen and oxygen atoms in total. The maximum Gasteiger partial charge on any atom is 0.243 e. The number of fused-ring (bicyclic) bond motifs is 4. The number of benzene rings is 2. The molecule has 2 aliphatic heterocycles. The third-order valence-corrected chi connectivity index (χ3v) is 11.2. The number of H-pyrrole nitrogens is 1. The summed E-state index contributed by atoms with van der Waals surface area (Å²) in [5, 5.41) is 35.0. The Morgan fingerprint density at radius 3 is 2.50 bits per heavy atom. The van der Waals surface area contributed by atoms with E-state index < -0.39 is 34.8 Å². The highest BCUT2D eigenvalue weighted by atomic mass is 16.5. The number of amides is 4. The molecular weight excluding hydrogens is 616 g/mol. The van der Waals surface area contributed by atoms with E-state index in [9.17, 15) is 29.4 Å². The minimum absolute atomic E-state index is 0.0650. The van der Waals surface area contributed by atoms with Crippen molar-refractivity contribution in [2.24, 2.45) is 5.92 Å². The zero-order chi connectivity index (χ0) is 33.4. The standard InChI is InChI=1S/C35H40N6O7/c1-36-28(45)15-37-26(43)8-9-27(44)38-16-29(46)39-20-5-6-21-22-14-35(47)25-12-19-4-7-24(42)32-30(19)34(35,10-11-41(25)17-18-2-3-18)33(48-32)31(22)40-23(21)13-20/h4-7,13,18,25,33,40,42,47H,2-3,8-12,14-17H2,1H3,(H,36,45)(H,37,43)(H,38,44)(H,39,46)/t25-,33+,34+,35-/m1/s1. The lowest BCUT2D eigenvalue weighted by atomic mass is 9.49. The number of nitrogens with zero attached hydrogens (tertiary/aromatic N) is 1. The number of likely N-dealkylation sites (tertiary alicyclic amines) is 1. The molecule has 2 aromatic carbocycles. The second-order valence-corrected chi connectivity index (χ2v) is 14.0. The van der Waals surface area contributed by atoms with E-state index in [0.29, 0.717) is 30.2 Å². The predicted molar refractivity (Wildman–Crippen MR) is 174 cm³/mol. The van der Waals surface area contributed by atoms with Gasteiger partial charge in [0.1, 0.15) is 0 Å². The fraction of sp³-hybridized carbons (Fsp3) is 0.486. The second kappa shape index (κ2) is 11.2. The Morgan fingerprint density at radius 2 is 1.77 bits per heavy atom. The Balaban J connectivity index is 1.01. The first-order valence-electron chi connectivity index (χ1n) is 16.8. The number of carbonyl (C=O) groups is 4. The van der Waals surface area contributed by atoms with Gasteiger partial charge < -0.3 is 41.2 Å². The molecule has 1 saturated carbocycles. The van der Waals surface area contributed by atoms with Crippen LogP contribution in [0, 0.1) is 5.92 Å². The van der Waals surface area contributed by atoms with Gasteiger partial charge in [-0.25, -0.2) is 0 Å². The normalized spacial score (nSPS) is 26.2. The largest absolute Gasteiger partial charge is 0.504 e. The van der Waals surface area contributed by atoms with Crippen LogP contribution >= 0.6 is 0 Å². The molecule has 252 valence electrons. The van der Waals surface area contributed by atoms with Crippen molar-refractivity contribution in [3.05, 3.63) is 52.7 Å². The highest BCUT2D eigenvalue weighted by Gasteiger charge is 2.72. The topological polar surface area (TPSA) is 185 Å². The molecule has 0 unspecified atom stereocenters. The summed E-state index contributed by atoms with van der Waals surface area (Å²) in [5.74, 6) is -0.393. The number of carbonyl (C=O) groups excluding carboxylic acids is 4.